The maximum atomic E-state index is 9.15. The first-order valence-corrected chi connectivity index (χ1v) is 6.66. The summed E-state index contributed by atoms with van der Waals surface area (Å²) in [5.41, 5.74) is 1.63. The Morgan fingerprint density at radius 3 is 2.85 bits per heavy atom. The van der Waals surface area contributed by atoms with Crippen LogP contribution < -0.4 is 9.47 Å². The number of aliphatic hydroxyl groups excluding tert-OH is 1. The summed E-state index contributed by atoms with van der Waals surface area (Å²) >= 11 is 6.17. The SMILES string of the molecule is CCn1cncc1COc1c(Cl)cc(CO)cc1OC. The quantitative estimate of drug-likeness (QED) is 0.890. The average Bonchev–Trinajstić information content (AvgIpc) is 2.92. The van der Waals surface area contributed by atoms with Gasteiger partial charge in [-0.3, -0.25) is 0 Å². The number of nitrogens with zero attached hydrogens (tertiary/aromatic N) is 2. The summed E-state index contributed by atoms with van der Waals surface area (Å²) < 4.78 is 13.0. The number of imidazole rings is 1. The first-order valence-electron chi connectivity index (χ1n) is 6.28. The molecule has 6 heteroatoms. The van der Waals surface area contributed by atoms with Gasteiger partial charge in [0.1, 0.15) is 6.61 Å². The zero-order valence-electron chi connectivity index (χ0n) is 11.5. The van der Waals surface area contributed by atoms with E-state index in [1.807, 2.05) is 11.5 Å². The van der Waals surface area contributed by atoms with Crippen molar-refractivity contribution >= 4 is 11.6 Å². The molecule has 5 nitrogen and oxygen atoms in total. The molecular weight excluding hydrogens is 280 g/mol. The molecule has 1 aromatic carbocycles. The van der Waals surface area contributed by atoms with E-state index in [4.69, 9.17) is 26.2 Å². The van der Waals surface area contributed by atoms with Crippen molar-refractivity contribution in [2.24, 2.45) is 0 Å². The van der Waals surface area contributed by atoms with Crippen LogP contribution in [-0.2, 0) is 19.8 Å². The van der Waals surface area contributed by atoms with E-state index in [1.165, 1.54) is 7.11 Å². The fourth-order valence-electron chi connectivity index (χ4n) is 1.90. The second-order valence-corrected chi connectivity index (χ2v) is 4.63. The van der Waals surface area contributed by atoms with E-state index in [-0.39, 0.29) is 6.61 Å². The molecule has 0 fully saturated rings. The molecule has 0 aliphatic carbocycles. The van der Waals surface area contributed by atoms with Crippen molar-refractivity contribution in [1.82, 2.24) is 9.55 Å². The van der Waals surface area contributed by atoms with Crippen molar-refractivity contribution in [3.05, 3.63) is 40.9 Å². The van der Waals surface area contributed by atoms with Crippen LogP contribution in [0.1, 0.15) is 18.2 Å². The Morgan fingerprint density at radius 1 is 1.40 bits per heavy atom. The van der Waals surface area contributed by atoms with E-state index in [0.29, 0.717) is 28.7 Å². The van der Waals surface area contributed by atoms with E-state index < -0.39 is 0 Å². The summed E-state index contributed by atoms with van der Waals surface area (Å²) in [5.74, 6) is 0.972. The second-order valence-electron chi connectivity index (χ2n) is 4.23. The number of hydrogen-bond acceptors (Lipinski definition) is 4. The number of aliphatic hydroxyl groups is 1. The Bertz CT molecular complexity index is 584. The third kappa shape index (κ3) is 3.05. The molecule has 0 saturated carbocycles. The minimum atomic E-state index is -0.0982. The molecule has 0 bridgehead atoms. The third-order valence-electron chi connectivity index (χ3n) is 2.98. The predicted molar refractivity (Wildman–Crippen MR) is 76.2 cm³/mol. The number of ether oxygens (including phenoxy) is 2. The highest BCUT2D eigenvalue weighted by Crippen LogP contribution is 2.36. The summed E-state index contributed by atoms with van der Waals surface area (Å²) in [6.07, 6.45) is 3.51. The lowest BCUT2D eigenvalue weighted by Gasteiger charge is -2.14. The largest absolute Gasteiger partial charge is 0.493 e. The van der Waals surface area contributed by atoms with Gasteiger partial charge in [-0.1, -0.05) is 11.6 Å². The minimum Gasteiger partial charge on any atom is -0.493 e. The van der Waals surface area contributed by atoms with Gasteiger partial charge in [-0.25, -0.2) is 4.98 Å². The summed E-state index contributed by atoms with van der Waals surface area (Å²) in [4.78, 5) is 4.08. The van der Waals surface area contributed by atoms with Gasteiger partial charge >= 0.3 is 0 Å². The smallest absolute Gasteiger partial charge is 0.180 e. The van der Waals surface area contributed by atoms with Crippen LogP contribution in [0.4, 0.5) is 0 Å². The number of rotatable bonds is 6. The fourth-order valence-corrected chi connectivity index (χ4v) is 2.19. The van der Waals surface area contributed by atoms with Gasteiger partial charge in [0, 0.05) is 6.54 Å². The lowest BCUT2D eigenvalue weighted by Crippen LogP contribution is -2.05. The van der Waals surface area contributed by atoms with Crippen molar-refractivity contribution < 1.29 is 14.6 Å². The molecule has 1 heterocycles. The molecule has 108 valence electrons. The highest BCUT2D eigenvalue weighted by atomic mass is 35.5. The fraction of sp³-hybridized carbons (Fsp3) is 0.357. The molecule has 0 atom stereocenters. The minimum absolute atomic E-state index is 0.0982. The predicted octanol–water partition coefficient (Wildman–Crippen LogP) is 2.64. The topological polar surface area (TPSA) is 56.5 Å². The third-order valence-corrected chi connectivity index (χ3v) is 3.26. The van der Waals surface area contributed by atoms with Crippen molar-refractivity contribution in [3.8, 4) is 11.5 Å². The van der Waals surface area contributed by atoms with Crippen LogP contribution in [0.5, 0.6) is 11.5 Å². The van der Waals surface area contributed by atoms with Crippen LogP contribution in [-0.4, -0.2) is 21.8 Å². The molecule has 0 radical (unpaired) electrons. The zero-order valence-corrected chi connectivity index (χ0v) is 12.2. The van der Waals surface area contributed by atoms with Gasteiger partial charge in [-0.15, -0.1) is 0 Å². The van der Waals surface area contributed by atoms with Crippen molar-refractivity contribution in [3.63, 3.8) is 0 Å². The average molecular weight is 297 g/mol. The zero-order chi connectivity index (χ0) is 14.5. The van der Waals surface area contributed by atoms with Crippen molar-refractivity contribution in [2.45, 2.75) is 26.7 Å². The van der Waals surface area contributed by atoms with Crippen LogP contribution >= 0.6 is 11.6 Å². The molecule has 0 aliphatic rings. The Labute approximate surface area is 122 Å². The molecule has 2 rings (SSSR count). The number of aromatic nitrogens is 2. The van der Waals surface area contributed by atoms with E-state index in [1.54, 1.807) is 24.7 Å². The van der Waals surface area contributed by atoms with Crippen LogP contribution in [0.3, 0.4) is 0 Å². The molecule has 0 spiro atoms. The van der Waals surface area contributed by atoms with Crippen molar-refractivity contribution in [2.75, 3.05) is 7.11 Å². The van der Waals surface area contributed by atoms with Gasteiger partial charge < -0.3 is 19.1 Å². The number of methoxy groups -OCH3 is 1. The Balaban J connectivity index is 2.21. The van der Waals surface area contributed by atoms with Crippen molar-refractivity contribution in [1.29, 1.82) is 0 Å². The number of hydrogen-bond donors (Lipinski definition) is 1. The highest BCUT2D eigenvalue weighted by Gasteiger charge is 2.13. The molecular formula is C14H17ClN2O3. The molecule has 0 aliphatic heterocycles. The molecule has 0 amide bonds. The van der Waals surface area contributed by atoms with E-state index in [9.17, 15) is 0 Å². The monoisotopic (exact) mass is 296 g/mol. The van der Waals surface area contributed by atoms with Crippen LogP contribution in [0, 0.1) is 0 Å². The molecule has 20 heavy (non-hydrogen) atoms. The molecule has 0 unspecified atom stereocenters. The molecule has 1 aromatic heterocycles. The lowest BCUT2D eigenvalue weighted by molar-refractivity contribution is 0.270. The van der Waals surface area contributed by atoms with Gasteiger partial charge in [0.25, 0.3) is 0 Å². The van der Waals surface area contributed by atoms with Gasteiger partial charge in [-0.05, 0) is 24.6 Å². The summed E-state index contributed by atoms with van der Waals surface area (Å²) in [7, 11) is 1.54. The number of halogens is 1. The Hall–Kier alpha value is -1.72. The van der Waals surface area contributed by atoms with Gasteiger partial charge in [0.15, 0.2) is 11.5 Å². The molecule has 0 saturated heterocycles. The van der Waals surface area contributed by atoms with Gasteiger partial charge in [0.05, 0.1) is 37.0 Å². The summed E-state index contributed by atoms with van der Waals surface area (Å²) in [5, 5.41) is 9.57. The van der Waals surface area contributed by atoms with Crippen LogP contribution in [0.15, 0.2) is 24.7 Å². The van der Waals surface area contributed by atoms with Gasteiger partial charge in [-0.2, -0.15) is 0 Å². The maximum Gasteiger partial charge on any atom is 0.180 e. The van der Waals surface area contributed by atoms with Crippen LogP contribution in [0.25, 0.3) is 0 Å². The lowest BCUT2D eigenvalue weighted by atomic mass is 10.2. The summed E-state index contributed by atoms with van der Waals surface area (Å²) in [6, 6.07) is 3.37. The first-order chi connectivity index (χ1) is 9.69. The van der Waals surface area contributed by atoms with E-state index in [2.05, 4.69) is 4.98 Å². The molecule has 1 N–H and O–H groups in total. The maximum absolute atomic E-state index is 9.15. The Kier molecular flexibility index (Phi) is 4.87. The van der Waals surface area contributed by atoms with Gasteiger partial charge in [0.2, 0.25) is 0 Å². The highest BCUT2D eigenvalue weighted by molar-refractivity contribution is 6.32. The second kappa shape index (κ2) is 6.63. The van der Waals surface area contributed by atoms with Crippen LogP contribution in [0.2, 0.25) is 5.02 Å². The van der Waals surface area contributed by atoms with E-state index in [0.717, 1.165) is 12.2 Å². The normalized spacial score (nSPS) is 10.6. The number of aryl methyl sites for hydroxylation is 1. The first kappa shape index (κ1) is 14.7. The molecule has 2 aromatic rings. The number of benzene rings is 1. The van der Waals surface area contributed by atoms with E-state index >= 15 is 0 Å². The Morgan fingerprint density at radius 2 is 2.20 bits per heavy atom. The summed E-state index contributed by atoms with van der Waals surface area (Å²) in [6.45, 7) is 3.11. The standard InChI is InChI=1S/C14H17ClN2O3/c1-3-17-9-16-6-11(17)8-20-14-12(15)4-10(7-18)5-13(14)19-2/h4-6,9,18H,3,7-8H2,1-2H3.